The molecule has 3 rings (SSSR count). The van der Waals surface area contributed by atoms with E-state index in [0.29, 0.717) is 22.1 Å². The predicted molar refractivity (Wildman–Crippen MR) is 95.5 cm³/mol. The van der Waals surface area contributed by atoms with Crippen molar-refractivity contribution in [3.05, 3.63) is 57.8 Å². The lowest BCUT2D eigenvalue weighted by Crippen LogP contribution is -2.05. The Morgan fingerprint density at radius 2 is 1.92 bits per heavy atom. The van der Waals surface area contributed by atoms with Gasteiger partial charge in [-0.15, -0.1) is 0 Å². The number of hydrogen-bond acceptors (Lipinski definition) is 4. The monoisotopic (exact) mass is 384 g/mol. The van der Waals surface area contributed by atoms with E-state index in [0.717, 1.165) is 23.2 Å². The third-order valence-corrected chi connectivity index (χ3v) is 4.59. The van der Waals surface area contributed by atoms with E-state index in [1.165, 1.54) is 0 Å². The normalized spacial score (nSPS) is 11.8. The standard InChI is InChI=1S/C16H14Cl2N2O3S/c1-10-19-15-8-13(23-24(2,21)22)4-6-16(15)20(10)9-11-7-12(17)3-5-14(11)18/h3-8H,9H2,1-2H3. The lowest BCUT2D eigenvalue weighted by molar-refractivity contribution is 0.493. The van der Waals surface area contributed by atoms with Crippen LogP contribution in [0.2, 0.25) is 10.0 Å². The Balaban J connectivity index is 2.03. The largest absolute Gasteiger partial charge is 0.383 e. The topological polar surface area (TPSA) is 61.2 Å². The minimum Gasteiger partial charge on any atom is -0.383 e. The van der Waals surface area contributed by atoms with Crippen LogP contribution in [0.4, 0.5) is 0 Å². The Labute approximate surface area is 149 Å². The summed E-state index contributed by atoms with van der Waals surface area (Å²) >= 11 is 12.3. The van der Waals surface area contributed by atoms with E-state index in [-0.39, 0.29) is 5.75 Å². The molecule has 0 spiro atoms. The number of imidazole rings is 1. The summed E-state index contributed by atoms with van der Waals surface area (Å²) in [5, 5.41) is 1.23. The number of benzene rings is 2. The Morgan fingerprint density at radius 3 is 2.62 bits per heavy atom. The summed E-state index contributed by atoms with van der Waals surface area (Å²) in [7, 11) is -3.57. The SMILES string of the molecule is Cc1nc2cc(OS(C)(=O)=O)ccc2n1Cc1cc(Cl)ccc1Cl. The molecule has 0 unspecified atom stereocenters. The highest BCUT2D eigenvalue weighted by Crippen LogP contribution is 2.26. The molecule has 3 aromatic rings. The molecule has 0 bridgehead atoms. The summed E-state index contributed by atoms with van der Waals surface area (Å²) in [6.07, 6.45) is 1.00. The number of rotatable bonds is 4. The first kappa shape index (κ1) is 17.1. The molecule has 0 aliphatic carbocycles. The first-order chi connectivity index (χ1) is 11.2. The summed E-state index contributed by atoms with van der Waals surface area (Å²) in [6.45, 7) is 2.38. The van der Waals surface area contributed by atoms with E-state index in [4.69, 9.17) is 27.4 Å². The van der Waals surface area contributed by atoms with E-state index in [1.54, 1.807) is 30.3 Å². The van der Waals surface area contributed by atoms with Gasteiger partial charge in [0.25, 0.3) is 0 Å². The molecule has 0 saturated heterocycles. The van der Waals surface area contributed by atoms with Crippen molar-refractivity contribution in [1.82, 2.24) is 9.55 Å². The molecule has 8 heteroatoms. The second-order valence-corrected chi connectivity index (χ2v) is 7.84. The fraction of sp³-hybridized carbons (Fsp3) is 0.188. The van der Waals surface area contributed by atoms with Gasteiger partial charge in [-0.05, 0) is 42.8 Å². The van der Waals surface area contributed by atoms with Crippen LogP contribution in [-0.4, -0.2) is 24.2 Å². The van der Waals surface area contributed by atoms with Crippen molar-refractivity contribution < 1.29 is 12.6 Å². The van der Waals surface area contributed by atoms with Gasteiger partial charge in [0, 0.05) is 16.1 Å². The number of aryl methyl sites for hydroxylation is 1. The van der Waals surface area contributed by atoms with Crippen LogP contribution in [0.5, 0.6) is 5.75 Å². The lowest BCUT2D eigenvalue weighted by Gasteiger charge is -2.09. The van der Waals surface area contributed by atoms with Gasteiger partial charge >= 0.3 is 10.1 Å². The van der Waals surface area contributed by atoms with Gasteiger partial charge in [-0.25, -0.2) is 4.98 Å². The minimum atomic E-state index is -3.57. The average Bonchev–Trinajstić information content (AvgIpc) is 2.76. The van der Waals surface area contributed by atoms with Crippen LogP contribution >= 0.6 is 23.2 Å². The molecule has 0 N–H and O–H groups in total. The molecule has 1 heterocycles. The molecule has 0 aliphatic rings. The van der Waals surface area contributed by atoms with Gasteiger partial charge in [-0.1, -0.05) is 23.2 Å². The van der Waals surface area contributed by atoms with Crippen molar-refractivity contribution in [3.8, 4) is 5.75 Å². The molecule has 0 saturated carbocycles. The quantitative estimate of drug-likeness (QED) is 0.636. The first-order valence-corrected chi connectivity index (χ1v) is 9.60. The van der Waals surface area contributed by atoms with Crippen LogP contribution < -0.4 is 4.18 Å². The number of halogens is 2. The average molecular weight is 385 g/mol. The van der Waals surface area contributed by atoms with Crippen LogP contribution in [0.15, 0.2) is 36.4 Å². The minimum absolute atomic E-state index is 0.232. The van der Waals surface area contributed by atoms with Gasteiger partial charge < -0.3 is 8.75 Å². The van der Waals surface area contributed by atoms with Gasteiger partial charge in [0.2, 0.25) is 0 Å². The van der Waals surface area contributed by atoms with Gasteiger partial charge in [-0.2, -0.15) is 8.42 Å². The number of nitrogens with zero attached hydrogens (tertiary/aromatic N) is 2. The fourth-order valence-electron chi connectivity index (χ4n) is 2.49. The van der Waals surface area contributed by atoms with Crippen LogP contribution in [0.25, 0.3) is 11.0 Å². The van der Waals surface area contributed by atoms with Gasteiger partial charge in [0.1, 0.15) is 11.6 Å². The first-order valence-electron chi connectivity index (χ1n) is 7.03. The smallest absolute Gasteiger partial charge is 0.306 e. The van der Waals surface area contributed by atoms with Crippen LogP contribution in [0.1, 0.15) is 11.4 Å². The van der Waals surface area contributed by atoms with Crippen molar-refractivity contribution in [2.24, 2.45) is 0 Å². The van der Waals surface area contributed by atoms with Crippen LogP contribution in [-0.2, 0) is 16.7 Å². The molecule has 1 aromatic heterocycles. The van der Waals surface area contributed by atoms with Gasteiger partial charge in [0.15, 0.2) is 0 Å². The zero-order valence-corrected chi connectivity index (χ0v) is 15.3. The molecular formula is C16H14Cl2N2O3S. The summed E-state index contributed by atoms with van der Waals surface area (Å²) in [4.78, 5) is 4.46. The van der Waals surface area contributed by atoms with Crippen molar-refractivity contribution in [2.75, 3.05) is 6.26 Å². The number of aromatic nitrogens is 2. The van der Waals surface area contributed by atoms with Gasteiger partial charge in [-0.3, -0.25) is 0 Å². The Morgan fingerprint density at radius 1 is 1.17 bits per heavy atom. The molecule has 0 radical (unpaired) electrons. The van der Waals surface area contributed by atoms with E-state index in [9.17, 15) is 8.42 Å². The van der Waals surface area contributed by atoms with Crippen molar-refractivity contribution in [3.63, 3.8) is 0 Å². The van der Waals surface area contributed by atoms with Crippen molar-refractivity contribution in [2.45, 2.75) is 13.5 Å². The Kier molecular flexibility index (Phi) is 4.46. The van der Waals surface area contributed by atoms with E-state index in [1.807, 2.05) is 17.6 Å². The van der Waals surface area contributed by atoms with Crippen molar-refractivity contribution >= 4 is 44.4 Å². The molecule has 126 valence electrons. The van der Waals surface area contributed by atoms with Crippen LogP contribution in [0.3, 0.4) is 0 Å². The fourth-order valence-corrected chi connectivity index (χ4v) is 3.32. The molecule has 0 aliphatic heterocycles. The highest BCUT2D eigenvalue weighted by molar-refractivity contribution is 7.86. The lowest BCUT2D eigenvalue weighted by atomic mass is 10.2. The Bertz CT molecular complexity index is 1030. The molecular weight excluding hydrogens is 371 g/mol. The maximum absolute atomic E-state index is 11.2. The second kappa shape index (κ2) is 6.27. The maximum atomic E-state index is 11.2. The third-order valence-electron chi connectivity index (χ3n) is 3.49. The van der Waals surface area contributed by atoms with Crippen molar-refractivity contribution in [1.29, 1.82) is 0 Å². The molecule has 0 atom stereocenters. The molecule has 0 amide bonds. The van der Waals surface area contributed by atoms with E-state index in [2.05, 4.69) is 4.98 Å². The summed E-state index contributed by atoms with van der Waals surface area (Å²) < 4.78 is 29.4. The third kappa shape index (κ3) is 3.66. The molecule has 24 heavy (non-hydrogen) atoms. The number of fused-ring (bicyclic) bond motifs is 1. The Hall–Kier alpha value is -1.76. The molecule has 5 nitrogen and oxygen atoms in total. The van der Waals surface area contributed by atoms with E-state index < -0.39 is 10.1 Å². The van der Waals surface area contributed by atoms with Crippen LogP contribution in [0, 0.1) is 6.92 Å². The predicted octanol–water partition coefficient (Wildman–Crippen LogP) is 4.04. The zero-order valence-electron chi connectivity index (χ0n) is 13.0. The molecule has 0 fully saturated rings. The highest BCUT2D eigenvalue weighted by Gasteiger charge is 2.12. The van der Waals surface area contributed by atoms with Gasteiger partial charge in [0.05, 0.1) is 23.8 Å². The summed E-state index contributed by atoms with van der Waals surface area (Å²) in [6, 6.07) is 10.3. The molecule has 2 aromatic carbocycles. The summed E-state index contributed by atoms with van der Waals surface area (Å²) in [5.74, 6) is 1.01. The summed E-state index contributed by atoms with van der Waals surface area (Å²) in [5.41, 5.74) is 2.37. The zero-order chi connectivity index (χ0) is 17.5. The highest BCUT2D eigenvalue weighted by atomic mass is 35.5. The number of hydrogen-bond donors (Lipinski definition) is 0. The maximum Gasteiger partial charge on any atom is 0.306 e. The second-order valence-electron chi connectivity index (χ2n) is 5.42. The van der Waals surface area contributed by atoms with E-state index >= 15 is 0 Å².